The number of aryl methyl sites for hydroxylation is 2. The number of rotatable bonds is 5. The van der Waals surface area contributed by atoms with E-state index < -0.39 is 0 Å². The fraction of sp³-hybridized carbons (Fsp3) is 0.321. The van der Waals surface area contributed by atoms with Gasteiger partial charge in [0.15, 0.2) is 0 Å². The van der Waals surface area contributed by atoms with Crippen LogP contribution in [-0.4, -0.2) is 36.5 Å². The monoisotopic (exact) mass is 495 g/mol. The normalized spacial score (nSPS) is 14.9. The van der Waals surface area contributed by atoms with Crippen LogP contribution in [-0.2, 0) is 32.9 Å². The fourth-order valence-corrected chi connectivity index (χ4v) is 5.62. The average molecular weight is 496 g/mol. The van der Waals surface area contributed by atoms with E-state index in [2.05, 4.69) is 37.8 Å². The van der Waals surface area contributed by atoms with Crippen molar-refractivity contribution in [3.05, 3.63) is 82.1 Å². The van der Waals surface area contributed by atoms with Crippen LogP contribution in [0.1, 0.15) is 47.1 Å². The van der Waals surface area contributed by atoms with Gasteiger partial charge in [-0.1, -0.05) is 6.92 Å². The molecule has 2 aliphatic rings. The molecule has 0 aromatic carbocycles. The SMILES string of the molecule is CCc1c(-c2cc(Nc3cnccn3)c(=O)n(C)c2)ccnc1N1CCn2c(cc3c2CCCC3)C1=O. The second-order valence-electron chi connectivity index (χ2n) is 9.61. The maximum atomic E-state index is 13.7. The van der Waals surface area contributed by atoms with Crippen molar-refractivity contribution in [1.82, 2.24) is 24.1 Å². The number of nitrogens with one attached hydrogen (secondary N) is 1. The molecule has 0 bridgehead atoms. The van der Waals surface area contributed by atoms with E-state index in [1.165, 1.54) is 24.1 Å². The van der Waals surface area contributed by atoms with Gasteiger partial charge in [0.1, 0.15) is 23.0 Å². The lowest BCUT2D eigenvalue weighted by Crippen LogP contribution is -2.41. The molecule has 9 heteroatoms. The maximum Gasteiger partial charge on any atom is 0.276 e. The highest BCUT2D eigenvalue weighted by atomic mass is 16.2. The zero-order valence-electron chi connectivity index (χ0n) is 21.1. The van der Waals surface area contributed by atoms with Gasteiger partial charge in [-0.05, 0) is 61.4 Å². The minimum absolute atomic E-state index is 0.00506. The molecule has 37 heavy (non-hydrogen) atoms. The molecule has 188 valence electrons. The molecule has 1 amide bonds. The number of amides is 1. The lowest BCUT2D eigenvalue weighted by atomic mass is 9.98. The largest absolute Gasteiger partial charge is 0.339 e. The number of carbonyl (C=O) groups is 1. The first kappa shape index (κ1) is 23.1. The number of nitrogens with zero attached hydrogens (tertiary/aromatic N) is 6. The van der Waals surface area contributed by atoms with Crippen LogP contribution in [0.2, 0.25) is 0 Å². The van der Waals surface area contributed by atoms with Crippen LogP contribution in [0.3, 0.4) is 0 Å². The van der Waals surface area contributed by atoms with Gasteiger partial charge in [-0.3, -0.25) is 19.5 Å². The van der Waals surface area contributed by atoms with Gasteiger partial charge in [0.2, 0.25) is 0 Å². The maximum absolute atomic E-state index is 13.7. The summed E-state index contributed by atoms with van der Waals surface area (Å²) < 4.78 is 3.78. The summed E-state index contributed by atoms with van der Waals surface area (Å²) in [5.74, 6) is 1.19. The van der Waals surface area contributed by atoms with Crippen molar-refractivity contribution in [2.75, 3.05) is 16.8 Å². The molecular formula is C28H29N7O2. The number of hydrogen-bond donors (Lipinski definition) is 1. The molecule has 4 aromatic rings. The van der Waals surface area contributed by atoms with E-state index in [0.717, 1.165) is 41.8 Å². The third-order valence-corrected chi connectivity index (χ3v) is 7.38. The summed E-state index contributed by atoms with van der Waals surface area (Å²) >= 11 is 0. The van der Waals surface area contributed by atoms with E-state index in [1.807, 2.05) is 23.2 Å². The summed E-state index contributed by atoms with van der Waals surface area (Å²) in [4.78, 5) is 41.4. The minimum Gasteiger partial charge on any atom is -0.339 e. The van der Waals surface area contributed by atoms with Gasteiger partial charge in [0.05, 0.1) is 6.20 Å². The van der Waals surface area contributed by atoms with Crippen LogP contribution in [0.15, 0.2) is 54.0 Å². The van der Waals surface area contributed by atoms with E-state index in [9.17, 15) is 9.59 Å². The quantitative estimate of drug-likeness (QED) is 0.451. The molecule has 1 N–H and O–H groups in total. The highest BCUT2D eigenvalue weighted by Gasteiger charge is 2.32. The molecule has 9 nitrogen and oxygen atoms in total. The van der Waals surface area contributed by atoms with E-state index >= 15 is 0 Å². The number of carbonyl (C=O) groups excluding carboxylic acids is 1. The van der Waals surface area contributed by atoms with Crippen molar-refractivity contribution in [2.45, 2.75) is 45.6 Å². The van der Waals surface area contributed by atoms with Crippen LogP contribution >= 0.6 is 0 Å². The fourth-order valence-electron chi connectivity index (χ4n) is 5.62. The van der Waals surface area contributed by atoms with Crippen LogP contribution in [0.5, 0.6) is 0 Å². The van der Waals surface area contributed by atoms with Gasteiger partial charge in [-0.15, -0.1) is 0 Å². The summed E-state index contributed by atoms with van der Waals surface area (Å²) in [6.07, 6.45) is 13.5. The molecule has 1 aliphatic heterocycles. The number of anilines is 3. The molecule has 5 heterocycles. The summed E-state index contributed by atoms with van der Waals surface area (Å²) in [7, 11) is 1.73. The summed E-state index contributed by atoms with van der Waals surface area (Å²) in [6.45, 7) is 3.43. The predicted molar refractivity (Wildman–Crippen MR) is 142 cm³/mol. The number of hydrogen-bond acceptors (Lipinski definition) is 6. The van der Waals surface area contributed by atoms with E-state index in [4.69, 9.17) is 0 Å². The first-order valence-electron chi connectivity index (χ1n) is 12.8. The van der Waals surface area contributed by atoms with Crippen molar-refractivity contribution in [1.29, 1.82) is 0 Å². The van der Waals surface area contributed by atoms with E-state index in [-0.39, 0.29) is 11.5 Å². The molecule has 0 atom stereocenters. The van der Waals surface area contributed by atoms with Crippen molar-refractivity contribution in [2.24, 2.45) is 7.05 Å². The van der Waals surface area contributed by atoms with Gasteiger partial charge in [-0.2, -0.15) is 0 Å². The molecule has 0 saturated carbocycles. The molecule has 0 spiro atoms. The first-order valence-corrected chi connectivity index (χ1v) is 12.8. The molecule has 0 radical (unpaired) electrons. The van der Waals surface area contributed by atoms with Crippen molar-refractivity contribution in [3.8, 4) is 11.1 Å². The van der Waals surface area contributed by atoms with Crippen molar-refractivity contribution >= 4 is 23.2 Å². The van der Waals surface area contributed by atoms with Crippen LogP contribution in [0.4, 0.5) is 17.3 Å². The van der Waals surface area contributed by atoms with E-state index in [1.54, 1.807) is 36.4 Å². The zero-order chi connectivity index (χ0) is 25.5. The average Bonchev–Trinajstić information content (AvgIpc) is 3.31. The third kappa shape index (κ3) is 4.00. The van der Waals surface area contributed by atoms with Crippen LogP contribution in [0.25, 0.3) is 11.1 Å². The van der Waals surface area contributed by atoms with Gasteiger partial charge in [0, 0.05) is 61.7 Å². The lowest BCUT2D eigenvalue weighted by Gasteiger charge is -2.31. The Kier molecular flexibility index (Phi) is 5.82. The van der Waals surface area contributed by atoms with Gasteiger partial charge < -0.3 is 14.5 Å². The van der Waals surface area contributed by atoms with Crippen molar-refractivity contribution in [3.63, 3.8) is 0 Å². The zero-order valence-corrected chi connectivity index (χ0v) is 21.1. The number of aromatic nitrogens is 5. The Labute approximate surface area is 214 Å². The topological polar surface area (TPSA) is 97.9 Å². The standard InChI is InChI=1S/C28H29N7O2/c1-3-20-21(19-14-22(27(36)33(2)17-19)32-25-16-29-10-11-30-25)8-9-31-26(20)35-13-12-34-23-7-5-4-6-18(23)15-24(34)28(35)37/h8-11,14-17H,3-7,12-13H2,1-2H3,(H,30,32). The first-order chi connectivity index (χ1) is 18.0. The summed E-state index contributed by atoms with van der Waals surface area (Å²) in [6, 6.07) is 5.87. The highest BCUT2D eigenvalue weighted by molar-refractivity contribution is 6.06. The Hall–Kier alpha value is -4.27. The predicted octanol–water partition coefficient (Wildman–Crippen LogP) is 3.88. The number of fused-ring (bicyclic) bond motifs is 3. The minimum atomic E-state index is -0.169. The Balaban J connectivity index is 1.40. The smallest absolute Gasteiger partial charge is 0.276 e. The van der Waals surface area contributed by atoms with Gasteiger partial charge in [0.25, 0.3) is 11.5 Å². The van der Waals surface area contributed by atoms with Crippen LogP contribution in [0, 0.1) is 0 Å². The Morgan fingerprint density at radius 1 is 1.03 bits per heavy atom. The molecule has 6 rings (SSSR count). The molecule has 4 aromatic heterocycles. The van der Waals surface area contributed by atoms with Crippen LogP contribution < -0.4 is 15.8 Å². The lowest BCUT2D eigenvalue weighted by molar-refractivity contribution is 0.0963. The molecule has 0 unspecified atom stereocenters. The Morgan fingerprint density at radius 2 is 1.89 bits per heavy atom. The van der Waals surface area contributed by atoms with Crippen molar-refractivity contribution < 1.29 is 4.79 Å². The number of pyridine rings is 2. The Bertz CT molecular complexity index is 1550. The van der Waals surface area contributed by atoms with Gasteiger partial charge >= 0.3 is 0 Å². The summed E-state index contributed by atoms with van der Waals surface area (Å²) in [5.41, 5.74) is 6.43. The second-order valence-corrected chi connectivity index (χ2v) is 9.61. The Morgan fingerprint density at radius 3 is 2.70 bits per heavy atom. The summed E-state index contributed by atoms with van der Waals surface area (Å²) in [5, 5.41) is 3.09. The van der Waals surface area contributed by atoms with Gasteiger partial charge in [-0.25, -0.2) is 9.97 Å². The highest BCUT2D eigenvalue weighted by Crippen LogP contribution is 2.34. The molecular weight excluding hydrogens is 466 g/mol. The third-order valence-electron chi connectivity index (χ3n) is 7.38. The molecule has 0 fully saturated rings. The molecule has 0 saturated heterocycles. The van der Waals surface area contributed by atoms with E-state index in [0.29, 0.717) is 30.3 Å². The second kappa shape index (κ2) is 9.31. The molecule has 1 aliphatic carbocycles.